The van der Waals surface area contributed by atoms with Crippen LogP contribution in [0.4, 0.5) is 0 Å². The van der Waals surface area contributed by atoms with Gasteiger partial charge < -0.3 is 55.5 Å². The number of unbranched alkanes of at least 4 members (excludes halogenated alkanes) is 2. The van der Waals surface area contributed by atoms with Crippen LogP contribution in [0, 0.1) is 0 Å². The minimum atomic E-state index is -4.92. The quantitative estimate of drug-likeness (QED) is 0.0800. The lowest BCUT2D eigenvalue weighted by Gasteiger charge is -2.47. The summed E-state index contributed by atoms with van der Waals surface area (Å²) >= 11 is 0. The molecule has 2 fully saturated rings. The summed E-state index contributed by atoms with van der Waals surface area (Å²) in [5.41, 5.74) is 5.47. The van der Waals surface area contributed by atoms with E-state index in [1.165, 1.54) is 6.92 Å². The Kier molecular flexibility index (Phi) is 12.3. The second-order valence-corrected chi connectivity index (χ2v) is 9.58. The van der Waals surface area contributed by atoms with Crippen molar-refractivity contribution in [3.05, 3.63) is 0 Å². The van der Waals surface area contributed by atoms with Gasteiger partial charge >= 0.3 is 10.4 Å². The Balaban J connectivity index is 2.22. The Bertz CT molecular complexity index is 788. The van der Waals surface area contributed by atoms with Gasteiger partial charge in [-0.05, 0) is 25.8 Å². The number of carbonyl (C=O) groups excluding carboxylic acids is 1. The van der Waals surface area contributed by atoms with Gasteiger partial charge in [-0.2, -0.15) is 8.42 Å². The monoisotopic (exact) mass is 548 g/mol. The molecule has 212 valence electrons. The average molecular weight is 549 g/mol. The third-order valence-electron chi connectivity index (χ3n) is 5.70. The molecule has 0 aromatic heterocycles. The fourth-order valence-electron chi connectivity index (χ4n) is 3.86. The molecule has 17 heteroatoms. The summed E-state index contributed by atoms with van der Waals surface area (Å²) < 4.78 is 57.1. The van der Waals surface area contributed by atoms with E-state index in [2.05, 4.69) is 9.50 Å². The Labute approximate surface area is 208 Å². The minimum Gasteiger partial charge on any atom is -0.394 e. The van der Waals surface area contributed by atoms with Gasteiger partial charge in [-0.1, -0.05) is 0 Å². The van der Waals surface area contributed by atoms with Crippen molar-refractivity contribution in [2.45, 2.75) is 87.5 Å². The van der Waals surface area contributed by atoms with Crippen LogP contribution >= 0.6 is 0 Å². The number of hydrogen-bond donors (Lipinski definition) is 8. The third kappa shape index (κ3) is 8.76. The smallest absolute Gasteiger partial charge is 0.394 e. The highest BCUT2D eigenvalue weighted by Crippen LogP contribution is 2.30. The molecule has 2 aliphatic heterocycles. The zero-order chi connectivity index (χ0) is 27.0. The van der Waals surface area contributed by atoms with Crippen LogP contribution in [0.15, 0.2) is 0 Å². The van der Waals surface area contributed by atoms with Gasteiger partial charge in [0.05, 0.1) is 13.2 Å². The van der Waals surface area contributed by atoms with E-state index in [9.17, 15) is 38.7 Å². The predicted octanol–water partition coefficient (Wildman–Crippen LogP) is -4.27. The predicted molar refractivity (Wildman–Crippen MR) is 117 cm³/mol. The molecule has 0 aromatic carbocycles. The molecule has 0 spiro atoms. The van der Waals surface area contributed by atoms with Gasteiger partial charge in [-0.3, -0.25) is 9.35 Å². The van der Waals surface area contributed by atoms with Crippen LogP contribution in [0.1, 0.15) is 26.2 Å². The highest BCUT2D eigenvalue weighted by Gasteiger charge is 2.51. The van der Waals surface area contributed by atoms with Crippen LogP contribution in [0.25, 0.3) is 0 Å². The van der Waals surface area contributed by atoms with E-state index in [1.807, 2.05) is 0 Å². The van der Waals surface area contributed by atoms with Crippen LogP contribution in [0.2, 0.25) is 0 Å². The zero-order valence-electron chi connectivity index (χ0n) is 19.7. The summed E-state index contributed by atoms with van der Waals surface area (Å²) in [6, 6.07) is -1.18. The standard InChI is InChI=1S/C19H36N2O14S/c1-9(23)21-12-17(14(25)10(7-22)33-18(12)31-6-4-2-3-5-20)35-19-16(27)15(26)13(24)11(34-19)8-32-36(28,29)30/h10-19,22,24-27H,2-8,20H2,1H3,(H,21,23)(H,28,29,30)/t10-,11-,12-,13-,14+,15+,16-,17-,18-,19+/m1/s1. The molecule has 9 N–H and O–H groups in total. The number of hydrogen-bond acceptors (Lipinski definition) is 14. The Morgan fingerprint density at radius 2 is 1.64 bits per heavy atom. The number of nitrogens with one attached hydrogen (secondary N) is 1. The van der Waals surface area contributed by atoms with Gasteiger partial charge in [0.2, 0.25) is 5.91 Å². The SMILES string of the molecule is CC(=O)N[C@H]1[C@H](OCCCCCN)O[C@H](CO)[C@H](O)[C@@H]1O[C@@H]1O[C@H](COS(=O)(=O)O)[C@@H](O)[C@H](O)[C@H]1O. The number of nitrogens with two attached hydrogens (primary N) is 1. The summed E-state index contributed by atoms with van der Waals surface area (Å²) in [6.07, 6.45) is -12.3. The number of ether oxygens (including phenoxy) is 4. The van der Waals surface area contributed by atoms with E-state index in [4.69, 9.17) is 29.2 Å². The van der Waals surface area contributed by atoms with Crippen molar-refractivity contribution in [3.63, 3.8) is 0 Å². The van der Waals surface area contributed by atoms with Crippen molar-refractivity contribution >= 4 is 16.3 Å². The Morgan fingerprint density at radius 1 is 0.972 bits per heavy atom. The molecule has 2 aliphatic rings. The molecular weight excluding hydrogens is 512 g/mol. The largest absolute Gasteiger partial charge is 0.397 e. The molecule has 2 rings (SSSR count). The maximum Gasteiger partial charge on any atom is 0.397 e. The van der Waals surface area contributed by atoms with Gasteiger partial charge in [0.1, 0.15) is 48.8 Å². The number of aliphatic hydroxyl groups excluding tert-OH is 5. The lowest BCUT2D eigenvalue weighted by molar-refractivity contribution is -0.344. The third-order valence-corrected chi connectivity index (χ3v) is 6.13. The highest BCUT2D eigenvalue weighted by atomic mass is 32.3. The van der Waals surface area contributed by atoms with Crippen LogP contribution in [-0.2, 0) is 38.3 Å². The maximum atomic E-state index is 11.9. The van der Waals surface area contributed by atoms with Gasteiger partial charge in [0, 0.05) is 13.5 Å². The molecule has 0 saturated carbocycles. The Morgan fingerprint density at radius 3 is 2.22 bits per heavy atom. The van der Waals surface area contributed by atoms with E-state index < -0.39 is 90.9 Å². The van der Waals surface area contributed by atoms with Crippen molar-refractivity contribution in [1.29, 1.82) is 0 Å². The van der Waals surface area contributed by atoms with Crippen LogP contribution in [0.3, 0.4) is 0 Å². The second-order valence-electron chi connectivity index (χ2n) is 8.49. The van der Waals surface area contributed by atoms with E-state index in [0.29, 0.717) is 13.0 Å². The highest BCUT2D eigenvalue weighted by molar-refractivity contribution is 7.80. The summed E-state index contributed by atoms with van der Waals surface area (Å²) in [6.45, 7) is 0.270. The number of rotatable bonds is 13. The van der Waals surface area contributed by atoms with Crippen LogP contribution in [0.5, 0.6) is 0 Å². The van der Waals surface area contributed by atoms with Gasteiger partial charge in [0.25, 0.3) is 0 Å². The molecule has 0 radical (unpaired) electrons. The summed E-state index contributed by atoms with van der Waals surface area (Å²) in [5.74, 6) is -0.552. The lowest BCUT2D eigenvalue weighted by Crippen LogP contribution is -2.68. The number of amides is 1. The zero-order valence-corrected chi connectivity index (χ0v) is 20.5. The fraction of sp³-hybridized carbons (Fsp3) is 0.947. The molecule has 0 aromatic rings. The molecule has 0 unspecified atom stereocenters. The second kappa shape index (κ2) is 14.2. The molecule has 10 atom stereocenters. The number of carbonyl (C=O) groups is 1. The molecular formula is C19H36N2O14S. The van der Waals surface area contributed by atoms with Crippen molar-refractivity contribution in [1.82, 2.24) is 5.32 Å². The molecule has 0 aliphatic carbocycles. The molecule has 16 nitrogen and oxygen atoms in total. The van der Waals surface area contributed by atoms with E-state index in [0.717, 1.165) is 12.8 Å². The topological polar surface area (TPSA) is 257 Å². The normalized spacial score (nSPS) is 37.6. The van der Waals surface area contributed by atoms with Gasteiger partial charge in [-0.15, -0.1) is 0 Å². The number of aliphatic hydroxyl groups is 5. The van der Waals surface area contributed by atoms with Gasteiger partial charge in [0.15, 0.2) is 12.6 Å². The summed E-state index contributed by atoms with van der Waals surface area (Å²) in [5, 5.41) is 53.7. The average Bonchev–Trinajstić information content (AvgIpc) is 2.80. The first kappa shape index (κ1) is 31.2. The molecule has 2 heterocycles. The summed E-state index contributed by atoms with van der Waals surface area (Å²) in [4.78, 5) is 11.9. The van der Waals surface area contributed by atoms with Crippen LogP contribution < -0.4 is 11.1 Å². The van der Waals surface area contributed by atoms with Crippen molar-refractivity contribution in [3.8, 4) is 0 Å². The van der Waals surface area contributed by atoms with E-state index in [-0.39, 0.29) is 6.61 Å². The lowest BCUT2D eigenvalue weighted by atomic mass is 9.95. The molecule has 2 saturated heterocycles. The maximum absolute atomic E-state index is 11.9. The van der Waals surface area contributed by atoms with Gasteiger partial charge in [-0.25, -0.2) is 4.18 Å². The molecule has 1 amide bonds. The Hall–Kier alpha value is -1.06. The first-order chi connectivity index (χ1) is 16.9. The first-order valence-corrected chi connectivity index (χ1v) is 12.8. The van der Waals surface area contributed by atoms with Crippen molar-refractivity contribution < 1.29 is 66.4 Å². The van der Waals surface area contributed by atoms with Crippen molar-refractivity contribution in [2.75, 3.05) is 26.4 Å². The summed E-state index contributed by atoms with van der Waals surface area (Å²) in [7, 11) is -4.92. The molecule has 0 bridgehead atoms. The van der Waals surface area contributed by atoms with E-state index in [1.54, 1.807) is 0 Å². The van der Waals surface area contributed by atoms with Crippen LogP contribution in [-0.4, -0.2) is 132 Å². The van der Waals surface area contributed by atoms with E-state index >= 15 is 0 Å². The minimum absolute atomic E-state index is 0.185. The first-order valence-electron chi connectivity index (χ1n) is 11.4. The molecule has 36 heavy (non-hydrogen) atoms. The fourth-order valence-corrected chi connectivity index (χ4v) is 4.16. The van der Waals surface area contributed by atoms with Crippen molar-refractivity contribution in [2.24, 2.45) is 5.73 Å².